The number of hydrogen-bond donors (Lipinski definition) is 2. The molecule has 3 aromatic rings. The molecular weight excluding hydrogens is 541 g/mol. The maximum absolute atomic E-state index is 14.0. The number of allylic oxidation sites excluding steroid dienone is 1. The van der Waals surface area contributed by atoms with Crippen molar-refractivity contribution in [3.63, 3.8) is 0 Å². The zero-order valence-corrected chi connectivity index (χ0v) is 24.3. The monoisotopic (exact) mass is 568 g/mol. The van der Waals surface area contributed by atoms with Crippen molar-refractivity contribution in [2.75, 3.05) is 10.2 Å². The molecule has 3 heterocycles. The lowest BCUT2D eigenvalue weighted by molar-refractivity contribution is -0.123. The minimum atomic E-state index is -1.60. The summed E-state index contributed by atoms with van der Waals surface area (Å²) in [5.41, 5.74) is 10.2. The molecule has 0 saturated carbocycles. The third kappa shape index (κ3) is 3.95. The average molecular weight is 569 g/mol. The number of amides is 1. The molecule has 0 saturated heterocycles. The highest BCUT2D eigenvalue weighted by atomic mass is 32.2. The van der Waals surface area contributed by atoms with Gasteiger partial charge in [-0.25, -0.2) is 0 Å². The number of carbonyl (C=O) groups excluding carboxylic acids is 2. The van der Waals surface area contributed by atoms with E-state index >= 15 is 0 Å². The van der Waals surface area contributed by atoms with Crippen LogP contribution in [-0.4, -0.2) is 21.9 Å². The fourth-order valence-corrected chi connectivity index (χ4v) is 7.87. The van der Waals surface area contributed by atoms with Crippen molar-refractivity contribution in [1.29, 1.82) is 5.26 Å². The Labute approximate surface area is 241 Å². The van der Waals surface area contributed by atoms with Crippen molar-refractivity contribution in [3.05, 3.63) is 87.4 Å². The molecule has 1 atom stereocenters. The number of Topliss-reactive ketones (excluding diaryl/α,β-unsaturated/α-hetero) is 1. The van der Waals surface area contributed by atoms with Crippen molar-refractivity contribution in [2.45, 2.75) is 56.0 Å². The van der Waals surface area contributed by atoms with E-state index in [-0.39, 0.29) is 29.0 Å². The van der Waals surface area contributed by atoms with Gasteiger partial charge < -0.3 is 11.1 Å². The molecule has 1 unspecified atom stereocenters. The van der Waals surface area contributed by atoms with Crippen LogP contribution in [0.4, 0.5) is 10.8 Å². The number of rotatable bonds is 4. The lowest BCUT2D eigenvalue weighted by Crippen LogP contribution is -2.52. The molecule has 202 valence electrons. The van der Waals surface area contributed by atoms with Gasteiger partial charge >= 0.3 is 0 Å². The molecule has 3 N–H and O–H groups in total. The van der Waals surface area contributed by atoms with Crippen LogP contribution in [0.5, 0.6) is 0 Å². The molecule has 8 nitrogen and oxygen atoms in total. The molecule has 1 aromatic heterocycles. The van der Waals surface area contributed by atoms with Gasteiger partial charge in [0, 0.05) is 34.7 Å². The second kappa shape index (κ2) is 9.32. The first-order valence-electron chi connectivity index (χ1n) is 13.0. The van der Waals surface area contributed by atoms with Gasteiger partial charge in [-0.2, -0.15) is 5.26 Å². The van der Waals surface area contributed by atoms with Gasteiger partial charge in [-0.3, -0.25) is 14.5 Å². The summed E-state index contributed by atoms with van der Waals surface area (Å²) in [6.07, 6.45) is 0.733. The first-order valence-corrected chi connectivity index (χ1v) is 14.8. The van der Waals surface area contributed by atoms with E-state index in [1.165, 1.54) is 22.5 Å². The molecule has 1 spiro atoms. The number of nitriles is 1. The minimum Gasteiger partial charge on any atom is -0.384 e. The summed E-state index contributed by atoms with van der Waals surface area (Å²) in [6.45, 7) is 8.03. The first kappa shape index (κ1) is 26.3. The van der Waals surface area contributed by atoms with Crippen molar-refractivity contribution >= 4 is 45.6 Å². The van der Waals surface area contributed by atoms with Gasteiger partial charge in [-0.15, -0.1) is 10.2 Å². The quantitative estimate of drug-likeness (QED) is 0.396. The predicted molar refractivity (Wildman–Crippen MR) is 156 cm³/mol. The van der Waals surface area contributed by atoms with Crippen LogP contribution in [0.25, 0.3) is 0 Å². The van der Waals surface area contributed by atoms with Gasteiger partial charge in [0.05, 0.1) is 5.57 Å². The molecule has 0 bridgehead atoms. The van der Waals surface area contributed by atoms with Crippen LogP contribution in [0, 0.1) is 30.6 Å². The molecule has 0 fully saturated rings. The van der Waals surface area contributed by atoms with E-state index in [9.17, 15) is 14.9 Å². The van der Waals surface area contributed by atoms with Crippen LogP contribution in [0.3, 0.4) is 0 Å². The smallest absolute Gasteiger partial charge is 0.245 e. The largest absolute Gasteiger partial charge is 0.384 e. The fraction of sp³-hybridized carbons (Fsp3) is 0.300. The normalized spacial score (nSPS) is 21.4. The first-order chi connectivity index (χ1) is 19.0. The summed E-state index contributed by atoms with van der Waals surface area (Å²) in [4.78, 5) is 29.6. The number of nitrogens with two attached hydrogens (primary N) is 1. The number of benzene rings is 2. The Kier molecular flexibility index (Phi) is 6.13. The Hall–Kier alpha value is -3.94. The summed E-state index contributed by atoms with van der Waals surface area (Å²) in [5, 5.41) is 22.8. The minimum absolute atomic E-state index is 0.0327. The van der Waals surface area contributed by atoms with E-state index in [1.807, 2.05) is 45.0 Å². The van der Waals surface area contributed by atoms with E-state index in [2.05, 4.69) is 46.7 Å². The lowest BCUT2D eigenvalue weighted by Gasteiger charge is -2.45. The molecular formula is C30H28N6O2S2. The molecule has 6 rings (SSSR count). The number of carbonyl (C=O) groups is 2. The summed E-state index contributed by atoms with van der Waals surface area (Å²) < 4.78 is 0.742. The van der Waals surface area contributed by atoms with Gasteiger partial charge in [0.1, 0.15) is 17.3 Å². The Morgan fingerprint density at radius 1 is 1.12 bits per heavy atom. The van der Waals surface area contributed by atoms with E-state index in [0.29, 0.717) is 34.1 Å². The molecule has 40 heavy (non-hydrogen) atoms. The van der Waals surface area contributed by atoms with Crippen LogP contribution < -0.4 is 16.0 Å². The molecule has 0 radical (unpaired) electrons. The van der Waals surface area contributed by atoms with Gasteiger partial charge in [-0.1, -0.05) is 84.5 Å². The number of aromatic nitrogens is 2. The van der Waals surface area contributed by atoms with E-state index in [1.54, 1.807) is 16.7 Å². The number of nitrogens with zero attached hydrogens (tertiary/aromatic N) is 4. The Morgan fingerprint density at radius 2 is 1.90 bits per heavy atom. The molecule has 3 aliphatic rings. The van der Waals surface area contributed by atoms with Crippen LogP contribution in [0.2, 0.25) is 0 Å². The number of hydrogen-bond acceptors (Lipinski definition) is 9. The highest BCUT2D eigenvalue weighted by molar-refractivity contribution is 8.00. The maximum Gasteiger partial charge on any atom is 0.245 e. The highest BCUT2D eigenvalue weighted by Gasteiger charge is 2.61. The SMILES string of the molecule is Cc1cccc(CSc2nnc(N3C(N)=C(C#N)C4(C(=O)Nc5ccc(C)cc54)C4=C3CC(C)(C)CC4=O)s2)c1. The van der Waals surface area contributed by atoms with Gasteiger partial charge in [0.25, 0.3) is 0 Å². The van der Waals surface area contributed by atoms with Gasteiger partial charge in [0.2, 0.25) is 11.0 Å². The van der Waals surface area contributed by atoms with Crippen LogP contribution in [0.1, 0.15) is 48.9 Å². The van der Waals surface area contributed by atoms with Crippen molar-refractivity contribution in [1.82, 2.24) is 10.2 Å². The summed E-state index contributed by atoms with van der Waals surface area (Å²) in [7, 11) is 0. The third-order valence-corrected chi connectivity index (χ3v) is 9.79. The number of ketones is 1. The standard InChI is InChI=1S/C30H28N6O2S2/c1-16-6-5-7-18(10-16)15-39-28-35-34-27(40-28)36-22-12-29(3,4)13-23(37)24(22)30(20(14-31)25(36)32)19-11-17(2)8-9-21(19)33-26(30)38/h5-11H,12-13,15,32H2,1-4H3,(H,33,38). The van der Waals surface area contributed by atoms with E-state index in [0.717, 1.165) is 15.7 Å². The van der Waals surface area contributed by atoms with Crippen molar-refractivity contribution in [2.24, 2.45) is 11.1 Å². The second-order valence-electron chi connectivity index (χ2n) is 11.4. The summed E-state index contributed by atoms with van der Waals surface area (Å²) in [6, 6.07) is 16.1. The van der Waals surface area contributed by atoms with Gasteiger partial charge in [-0.05, 0) is 37.3 Å². The molecule has 2 aromatic carbocycles. The topological polar surface area (TPSA) is 125 Å². The maximum atomic E-state index is 14.0. The van der Waals surface area contributed by atoms with Crippen molar-refractivity contribution in [3.8, 4) is 6.07 Å². The Morgan fingerprint density at radius 3 is 2.65 bits per heavy atom. The number of fused-ring (bicyclic) bond motifs is 3. The van der Waals surface area contributed by atoms with E-state index < -0.39 is 11.3 Å². The summed E-state index contributed by atoms with van der Waals surface area (Å²) >= 11 is 2.92. The average Bonchev–Trinajstić information content (AvgIpc) is 3.45. The molecule has 10 heteroatoms. The number of aryl methyl sites for hydroxylation is 2. The Balaban J connectivity index is 1.50. The summed E-state index contributed by atoms with van der Waals surface area (Å²) in [5.74, 6) is 0.228. The molecule has 2 aliphatic heterocycles. The molecule has 1 aliphatic carbocycles. The van der Waals surface area contributed by atoms with Crippen molar-refractivity contribution < 1.29 is 9.59 Å². The lowest BCUT2D eigenvalue weighted by atomic mass is 9.61. The third-order valence-electron chi connectivity index (χ3n) is 7.68. The zero-order valence-electron chi connectivity index (χ0n) is 22.7. The number of nitrogens with one attached hydrogen (secondary N) is 1. The molecule has 1 amide bonds. The predicted octanol–water partition coefficient (Wildman–Crippen LogP) is 5.49. The fourth-order valence-electron chi connectivity index (χ4n) is 6.05. The van der Waals surface area contributed by atoms with E-state index in [4.69, 9.17) is 5.73 Å². The zero-order chi connectivity index (χ0) is 28.4. The highest BCUT2D eigenvalue weighted by Crippen LogP contribution is 2.57. The number of thioether (sulfide) groups is 1. The number of anilines is 2. The Bertz CT molecular complexity index is 1710. The van der Waals surface area contributed by atoms with Crippen LogP contribution in [0.15, 0.2) is 69.5 Å². The second-order valence-corrected chi connectivity index (χ2v) is 13.5. The van der Waals surface area contributed by atoms with Crippen LogP contribution in [-0.2, 0) is 20.8 Å². The van der Waals surface area contributed by atoms with Crippen LogP contribution >= 0.6 is 23.1 Å². The van der Waals surface area contributed by atoms with Gasteiger partial charge in [0.15, 0.2) is 10.1 Å².